The molecule has 0 unspecified atom stereocenters. The highest BCUT2D eigenvalue weighted by molar-refractivity contribution is 5.92. The molecule has 1 aromatic carbocycles. The molecular weight excluding hydrogens is 348 g/mol. The number of aromatic nitrogens is 2. The van der Waals surface area contributed by atoms with Gasteiger partial charge in [-0.05, 0) is 32.0 Å². The van der Waals surface area contributed by atoms with Crippen LogP contribution in [0.25, 0.3) is 0 Å². The SMILES string of the molecule is COc1cccc(NC(=O)CN(C)Cc2nc([C@H](C)OCC(C)C)no2)c1. The van der Waals surface area contributed by atoms with Gasteiger partial charge in [0, 0.05) is 18.4 Å². The van der Waals surface area contributed by atoms with Gasteiger partial charge in [0.15, 0.2) is 5.82 Å². The highest BCUT2D eigenvalue weighted by atomic mass is 16.5. The predicted octanol–water partition coefficient (Wildman–Crippen LogP) is 2.88. The van der Waals surface area contributed by atoms with Crippen LogP contribution in [0.2, 0.25) is 0 Å². The van der Waals surface area contributed by atoms with Gasteiger partial charge in [0.25, 0.3) is 0 Å². The third kappa shape index (κ3) is 6.99. The van der Waals surface area contributed by atoms with E-state index in [4.69, 9.17) is 14.0 Å². The summed E-state index contributed by atoms with van der Waals surface area (Å²) in [6.45, 7) is 7.25. The summed E-state index contributed by atoms with van der Waals surface area (Å²) in [5.41, 5.74) is 0.684. The molecule has 2 aromatic rings. The largest absolute Gasteiger partial charge is 0.497 e. The Morgan fingerprint density at radius 2 is 2.11 bits per heavy atom. The van der Waals surface area contributed by atoms with E-state index in [0.717, 1.165) is 0 Å². The van der Waals surface area contributed by atoms with E-state index in [1.54, 1.807) is 18.1 Å². The molecule has 0 fully saturated rings. The molecule has 0 saturated heterocycles. The number of nitrogens with one attached hydrogen (secondary N) is 1. The van der Waals surface area contributed by atoms with Crippen molar-refractivity contribution < 1.29 is 18.8 Å². The molecule has 0 aliphatic carbocycles. The molecule has 148 valence electrons. The van der Waals surface area contributed by atoms with Crippen molar-refractivity contribution in [3.05, 3.63) is 36.0 Å². The average molecular weight is 376 g/mol. The minimum absolute atomic E-state index is 0.140. The lowest BCUT2D eigenvalue weighted by Gasteiger charge is -2.14. The standard InChI is InChI=1S/C19H28N4O4/c1-13(2)12-26-14(3)19-21-18(27-22-19)11-23(4)10-17(24)20-15-7-6-8-16(9-15)25-5/h6-9,13-14H,10-12H2,1-5H3,(H,20,24)/t14-/m0/s1. The summed E-state index contributed by atoms with van der Waals surface area (Å²) in [6.07, 6.45) is -0.230. The number of hydrogen-bond acceptors (Lipinski definition) is 7. The zero-order valence-corrected chi connectivity index (χ0v) is 16.6. The molecule has 0 aliphatic heterocycles. The summed E-state index contributed by atoms with van der Waals surface area (Å²) in [5, 5.41) is 6.80. The van der Waals surface area contributed by atoms with Crippen LogP contribution >= 0.6 is 0 Å². The van der Waals surface area contributed by atoms with Crippen LogP contribution in [0.1, 0.15) is 38.6 Å². The lowest BCUT2D eigenvalue weighted by atomic mass is 10.2. The minimum atomic E-state index is -0.230. The molecular formula is C19H28N4O4. The van der Waals surface area contributed by atoms with E-state index in [-0.39, 0.29) is 18.6 Å². The third-order valence-corrected chi connectivity index (χ3v) is 3.70. The number of carbonyl (C=O) groups excluding carboxylic acids is 1. The van der Waals surface area contributed by atoms with Crippen LogP contribution in [0.4, 0.5) is 5.69 Å². The highest BCUT2D eigenvalue weighted by Gasteiger charge is 2.17. The topological polar surface area (TPSA) is 89.7 Å². The second-order valence-electron chi connectivity index (χ2n) is 6.87. The Morgan fingerprint density at radius 1 is 1.33 bits per heavy atom. The number of hydrogen-bond donors (Lipinski definition) is 1. The Bertz CT molecular complexity index is 732. The normalized spacial score (nSPS) is 12.4. The van der Waals surface area contributed by atoms with Crippen molar-refractivity contribution in [1.82, 2.24) is 15.0 Å². The first-order valence-corrected chi connectivity index (χ1v) is 8.94. The van der Waals surface area contributed by atoms with E-state index in [1.807, 2.05) is 32.2 Å². The van der Waals surface area contributed by atoms with Gasteiger partial charge in [0.05, 0.1) is 20.2 Å². The first-order chi connectivity index (χ1) is 12.9. The van der Waals surface area contributed by atoms with Crippen LogP contribution in [-0.2, 0) is 16.1 Å². The van der Waals surface area contributed by atoms with E-state index in [0.29, 0.717) is 42.2 Å². The number of ether oxygens (including phenoxy) is 2. The molecule has 0 aliphatic rings. The summed E-state index contributed by atoms with van der Waals surface area (Å²) in [7, 11) is 3.40. The van der Waals surface area contributed by atoms with E-state index >= 15 is 0 Å². The Morgan fingerprint density at radius 3 is 2.81 bits per heavy atom. The van der Waals surface area contributed by atoms with Gasteiger partial charge >= 0.3 is 0 Å². The van der Waals surface area contributed by atoms with E-state index in [1.165, 1.54) is 0 Å². The maximum atomic E-state index is 12.2. The minimum Gasteiger partial charge on any atom is -0.497 e. The summed E-state index contributed by atoms with van der Waals surface area (Å²) in [5.74, 6) is 1.95. The van der Waals surface area contributed by atoms with Gasteiger partial charge in [0.2, 0.25) is 11.8 Å². The summed E-state index contributed by atoms with van der Waals surface area (Å²) in [6, 6.07) is 7.21. The lowest BCUT2D eigenvalue weighted by Crippen LogP contribution is -2.30. The average Bonchev–Trinajstić information content (AvgIpc) is 3.07. The van der Waals surface area contributed by atoms with E-state index < -0.39 is 0 Å². The maximum absolute atomic E-state index is 12.2. The van der Waals surface area contributed by atoms with Crippen molar-refractivity contribution in [2.75, 3.05) is 32.6 Å². The highest BCUT2D eigenvalue weighted by Crippen LogP contribution is 2.17. The molecule has 2 rings (SSSR count). The van der Waals surface area contributed by atoms with Crippen LogP contribution in [0.15, 0.2) is 28.8 Å². The van der Waals surface area contributed by atoms with Gasteiger partial charge in [-0.2, -0.15) is 4.98 Å². The Labute approximate surface area is 159 Å². The molecule has 0 spiro atoms. The van der Waals surface area contributed by atoms with Gasteiger partial charge in [-0.15, -0.1) is 0 Å². The van der Waals surface area contributed by atoms with Crippen molar-refractivity contribution in [3.63, 3.8) is 0 Å². The number of anilines is 1. The fraction of sp³-hybridized carbons (Fsp3) is 0.526. The van der Waals surface area contributed by atoms with Gasteiger partial charge in [-0.3, -0.25) is 9.69 Å². The molecule has 1 N–H and O–H groups in total. The molecule has 0 radical (unpaired) electrons. The predicted molar refractivity (Wildman–Crippen MR) is 101 cm³/mol. The first kappa shape index (κ1) is 20.9. The van der Waals surface area contributed by atoms with Crippen molar-refractivity contribution >= 4 is 11.6 Å². The number of methoxy groups -OCH3 is 1. The number of carbonyl (C=O) groups is 1. The molecule has 27 heavy (non-hydrogen) atoms. The maximum Gasteiger partial charge on any atom is 0.240 e. The number of amides is 1. The van der Waals surface area contributed by atoms with Gasteiger partial charge in [0.1, 0.15) is 11.9 Å². The fourth-order valence-corrected chi connectivity index (χ4v) is 2.34. The molecule has 0 bridgehead atoms. The van der Waals surface area contributed by atoms with Crippen LogP contribution < -0.4 is 10.1 Å². The fourth-order valence-electron chi connectivity index (χ4n) is 2.34. The van der Waals surface area contributed by atoms with Crippen molar-refractivity contribution in [1.29, 1.82) is 0 Å². The third-order valence-electron chi connectivity index (χ3n) is 3.70. The smallest absolute Gasteiger partial charge is 0.240 e. The Balaban J connectivity index is 1.82. The summed E-state index contributed by atoms with van der Waals surface area (Å²) >= 11 is 0. The second-order valence-corrected chi connectivity index (χ2v) is 6.87. The summed E-state index contributed by atoms with van der Waals surface area (Å²) in [4.78, 5) is 18.3. The first-order valence-electron chi connectivity index (χ1n) is 8.94. The summed E-state index contributed by atoms with van der Waals surface area (Å²) < 4.78 is 16.1. The Kier molecular flexibility index (Phi) is 7.75. The van der Waals surface area contributed by atoms with Crippen LogP contribution in [0.3, 0.4) is 0 Å². The molecule has 1 atom stereocenters. The van der Waals surface area contributed by atoms with E-state index in [2.05, 4.69) is 29.3 Å². The molecule has 1 amide bonds. The Hall–Kier alpha value is -2.45. The second kappa shape index (κ2) is 10.0. The van der Waals surface area contributed by atoms with Gasteiger partial charge in [-0.1, -0.05) is 25.1 Å². The van der Waals surface area contributed by atoms with Gasteiger partial charge in [-0.25, -0.2) is 0 Å². The lowest BCUT2D eigenvalue weighted by molar-refractivity contribution is -0.117. The van der Waals surface area contributed by atoms with Crippen LogP contribution in [0, 0.1) is 5.92 Å². The number of nitrogens with zero attached hydrogens (tertiary/aromatic N) is 3. The molecule has 8 nitrogen and oxygen atoms in total. The number of benzene rings is 1. The van der Waals surface area contributed by atoms with E-state index in [9.17, 15) is 4.79 Å². The van der Waals surface area contributed by atoms with Crippen LogP contribution in [0.5, 0.6) is 5.75 Å². The van der Waals surface area contributed by atoms with Crippen molar-refractivity contribution in [3.8, 4) is 5.75 Å². The van der Waals surface area contributed by atoms with Crippen LogP contribution in [-0.4, -0.2) is 48.3 Å². The zero-order valence-electron chi connectivity index (χ0n) is 16.6. The molecule has 1 aromatic heterocycles. The quantitative estimate of drug-likeness (QED) is 0.682. The zero-order chi connectivity index (χ0) is 19.8. The monoisotopic (exact) mass is 376 g/mol. The van der Waals surface area contributed by atoms with Crippen molar-refractivity contribution in [2.24, 2.45) is 5.92 Å². The number of likely N-dealkylation sites (N-methyl/N-ethyl adjacent to an activating group) is 1. The van der Waals surface area contributed by atoms with Crippen molar-refractivity contribution in [2.45, 2.75) is 33.4 Å². The molecule has 1 heterocycles. The molecule has 8 heteroatoms. The number of rotatable bonds is 10. The molecule has 0 saturated carbocycles. The van der Waals surface area contributed by atoms with Gasteiger partial charge < -0.3 is 19.3 Å².